The summed E-state index contributed by atoms with van der Waals surface area (Å²) < 4.78 is 0. The van der Waals surface area contributed by atoms with Crippen LogP contribution in [-0.2, 0) is 9.59 Å². The zero-order chi connectivity index (χ0) is 15.1. The number of amides is 1. The van der Waals surface area contributed by atoms with E-state index in [1.165, 1.54) is 6.08 Å². The second-order valence-electron chi connectivity index (χ2n) is 4.34. The Kier molecular flexibility index (Phi) is 6.55. The largest absolute Gasteiger partial charge is 0.481 e. The number of hydrogen-bond acceptors (Lipinski definition) is 2. The molecular formula is C14H15Cl2NO3. The van der Waals surface area contributed by atoms with Crippen molar-refractivity contribution >= 4 is 41.2 Å². The number of carboxylic acid groups (broad SMARTS) is 1. The summed E-state index contributed by atoms with van der Waals surface area (Å²) in [6, 6.07) is 4.78. The van der Waals surface area contributed by atoms with E-state index in [-0.39, 0.29) is 18.4 Å². The van der Waals surface area contributed by atoms with Gasteiger partial charge in [0.2, 0.25) is 5.91 Å². The number of rotatable bonds is 6. The predicted octanol–water partition coefficient (Wildman–Crippen LogP) is 3.38. The summed E-state index contributed by atoms with van der Waals surface area (Å²) in [5, 5.41) is 12.2. The summed E-state index contributed by atoms with van der Waals surface area (Å²) in [6.07, 6.45) is 3.34. The Labute approximate surface area is 127 Å². The third-order valence-corrected chi connectivity index (χ3v) is 3.12. The van der Waals surface area contributed by atoms with Crippen molar-refractivity contribution in [3.8, 4) is 0 Å². The maximum Gasteiger partial charge on any atom is 0.303 e. The second-order valence-corrected chi connectivity index (χ2v) is 5.18. The normalized spacial score (nSPS) is 12.3. The highest BCUT2D eigenvalue weighted by Crippen LogP contribution is 2.21. The molecule has 1 amide bonds. The molecule has 0 spiro atoms. The number of carbonyl (C=O) groups is 2. The first kappa shape index (κ1) is 16.5. The van der Waals surface area contributed by atoms with E-state index >= 15 is 0 Å². The van der Waals surface area contributed by atoms with Gasteiger partial charge in [-0.3, -0.25) is 9.59 Å². The Balaban J connectivity index is 2.53. The van der Waals surface area contributed by atoms with Crippen molar-refractivity contribution in [1.82, 2.24) is 5.32 Å². The van der Waals surface area contributed by atoms with E-state index < -0.39 is 5.97 Å². The molecule has 2 N–H and O–H groups in total. The molecule has 20 heavy (non-hydrogen) atoms. The zero-order valence-corrected chi connectivity index (χ0v) is 12.4. The minimum Gasteiger partial charge on any atom is -0.481 e. The van der Waals surface area contributed by atoms with Crippen molar-refractivity contribution in [2.45, 2.75) is 25.8 Å². The molecule has 6 heteroatoms. The molecule has 0 heterocycles. The second kappa shape index (κ2) is 7.92. The molecule has 0 radical (unpaired) electrons. The molecule has 1 aromatic rings. The molecule has 0 aliphatic rings. The molecule has 0 aliphatic heterocycles. The first-order chi connectivity index (χ1) is 9.38. The van der Waals surface area contributed by atoms with Gasteiger partial charge in [0.25, 0.3) is 0 Å². The molecule has 1 aromatic carbocycles. The fraction of sp³-hybridized carbons (Fsp3) is 0.286. The van der Waals surface area contributed by atoms with Gasteiger partial charge in [0.05, 0.1) is 0 Å². The lowest BCUT2D eigenvalue weighted by Gasteiger charge is -2.10. The number of hydrogen-bond donors (Lipinski definition) is 2. The molecule has 1 rings (SSSR count). The van der Waals surface area contributed by atoms with E-state index in [4.69, 9.17) is 28.3 Å². The summed E-state index contributed by atoms with van der Waals surface area (Å²) >= 11 is 11.7. The van der Waals surface area contributed by atoms with Gasteiger partial charge in [-0.25, -0.2) is 0 Å². The lowest BCUT2D eigenvalue weighted by molar-refractivity contribution is -0.137. The third-order valence-electron chi connectivity index (χ3n) is 2.56. The number of halogens is 2. The number of carboxylic acids is 1. The van der Waals surface area contributed by atoms with Crippen LogP contribution in [0.5, 0.6) is 0 Å². The molecule has 0 aromatic heterocycles. The first-order valence-corrected chi connectivity index (χ1v) is 6.79. The average molecular weight is 316 g/mol. The van der Waals surface area contributed by atoms with Gasteiger partial charge in [0.1, 0.15) is 0 Å². The minimum absolute atomic E-state index is 0.0220. The SMILES string of the molecule is CC(CCC(=O)O)NC(=O)C=Cc1ccc(Cl)cc1Cl. The Morgan fingerprint density at radius 2 is 2.10 bits per heavy atom. The summed E-state index contributed by atoms with van der Waals surface area (Å²) in [5.41, 5.74) is 0.685. The van der Waals surface area contributed by atoms with Crippen molar-refractivity contribution in [3.05, 3.63) is 39.9 Å². The maximum atomic E-state index is 11.6. The molecule has 4 nitrogen and oxygen atoms in total. The van der Waals surface area contributed by atoms with E-state index in [9.17, 15) is 9.59 Å². The molecule has 1 atom stereocenters. The Morgan fingerprint density at radius 3 is 2.70 bits per heavy atom. The first-order valence-electron chi connectivity index (χ1n) is 6.04. The maximum absolute atomic E-state index is 11.6. The molecule has 1 unspecified atom stereocenters. The monoisotopic (exact) mass is 315 g/mol. The van der Waals surface area contributed by atoms with E-state index in [2.05, 4.69) is 5.32 Å². The minimum atomic E-state index is -0.880. The van der Waals surface area contributed by atoms with Crippen molar-refractivity contribution in [2.24, 2.45) is 0 Å². The fourth-order valence-electron chi connectivity index (χ4n) is 1.51. The summed E-state index contributed by atoms with van der Waals surface area (Å²) in [4.78, 5) is 22.0. The van der Waals surface area contributed by atoms with E-state index in [0.717, 1.165) is 0 Å². The number of carbonyl (C=O) groups excluding carboxylic acids is 1. The Hall–Kier alpha value is -1.52. The van der Waals surface area contributed by atoms with Gasteiger partial charge in [-0.1, -0.05) is 29.3 Å². The van der Waals surface area contributed by atoms with Crippen LogP contribution in [0.4, 0.5) is 0 Å². The van der Waals surface area contributed by atoms with Gasteiger partial charge in [-0.15, -0.1) is 0 Å². The van der Waals surface area contributed by atoms with Gasteiger partial charge in [-0.2, -0.15) is 0 Å². The summed E-state index contributed by atoms with van der Waals surface area (Å²) in [5.74, 6) is -1.18. The molecule has 0 saturated carbocycles. The highest BCUT2D eigenvalue weighted by Gasteiger charge is 2.07. The van der Waals surface area contributed by atoms with Crippen LogP contribution in [0.15, 0.2) is 24.3 Å². The molecule has 108 valence electrons. The van der Waals surface area contributed by atoms with Crippen LogP contribution >= 0.6 is 23.2 Å². The average Bonchev–Trinajstić information content (AvgIpc) is 2.35. The highest BCUT2D eigenvalue weighted by atomic mass is 35.5. The number of benzene rings is 1. The van der Waals surface area contributed by atoms with Crippen LogP contribution in [0.2, 0.25) is 10.0 Å². The molecular weight excluding hydrogens is 301 g/mol. The van der Waals surface area contributed by atoms with Crippen LogP contribution in [0.1, 0.15) is 25.3 Å². The van der Waals surface area contributed by atoms with Crippen LogP contribution in [-0.4, -0.2) is 23.0 Å². The van der Waals surface area contributed by atoms with Crippen molar-refractivity contribution in [1.29, 1.82) is 0 Å². The third kappa shape index (κ3) is 6.08. The standard InChI is InChI=1S/C14H15Cl2NO3/c1-9(2-7-14(19)20)17-13(18)6-4-10-3-5-11(15)8-12(10)16/h3-6,8-9H,2,7H2,1H3,(H,17,18)(H,19,20). The lowest BCUT2D eigenvalue weighted by Crippen LogP contribution is -2.31. The zero-order valence-electron chi connectivity index (χ0n) is 10.9. The summed E-state index contributed by atoms with van der Waals surface area (Å²) in [7, 11) is 0. The predicted molar refractivity (Wildman–Crippen MR) is 80.0 cm³/mol. The Morgan fingerprint density at radius 1 is 1.40 bits per heavy atom. The highest BCUT2D eigenvalue weighted by molar-refractivity contribution is 6.35. The number of aliphatic carboxylic acids is 1. The van der Waals surface area contributed by atoms with Gasteiger partial charge in [0.15, 0.2) is 0 Å². The molecule has 0 fully saturated rings. The molecule has 0 bridgehead atoms. The van der Waals surface area contributed by atoms with Crippen LogP contribution in [0.25, 0.3) is 6.08 Å². The molecule has 0 saturated heterocycles. The van der Waals surface area contributed by atoms with Crippen LogP contribution in [0.3, 0.4) is 0 Å². The van der Waals surface area contributed by atoms with Gasteiger partial charge in [0, 0.05) is 28.6 Å². The van der Waals surface area contributed by atoms with Crippen molar-refractivity contribution < 1.29 is 14.7 Å². The quantitative estimate of drug-likeness (QED) is 0.791. The van der Waals surface area contributed by atoms with Crippen LogP contribution < -0.4 is 5.32 Å². The van der Waals surface area contributed by atoms with Gasteiger partial charge < -0.3 is 10.4 Å². The lowest BCUT2D eigenvalue weighted by atomic mass is 10.1. The smallest absolute Gasteiger partial charge is 0.303 e. The van der Waals surface area contributed by atoms with Crippen molar-refractivity contribution in [2.75, 3.05) is 0 Å². The van der Waals surface area contributed by atoms with E-state index in [1.807, 2.05) is 0 Å². The van der Waals surface area contributed by atoms with E-state index in [0.29, 0.717) is 22.0 Å². The number of nitrogens with one attached hydrogen (secondary N) is 1. The van der Waals surface area contributed by atoms with Gasteiger partial charge >= 0.3 is 5.97 Å². The fourth-order valence-corrected chi connectivity index (χ4v) is 1.98. The summed E-state index contributed by atoms with van der Waals surface area (Å²) in [6.45, 7) is 1.75. The van der Waals surface area contributed by atoms with Crippen LogP contribution in [0, 0.1) is 0 Å². The van der Waals surface area contributed by atoms with Gasteiger partial charge in [-0.05, 0) is 37.1 Å². The molecule has 0 aliphatic carbocycles. The topological polar surface area (TPSA) is 66.4 Å². The van der Waals surface area contributed by atoms with E-state index in [1.54, 1.807) is 31.2 Å². The Bertz CT molecular complexity index is 529. The van der Waals surface area contributed by atoms with Crippen molar-refractivity contribution in [3.63, 3.8) is 0 Å².